The van der Waals surface area contributed by atoms with Gasteiger partial charge in [0.15, 0.2) is 0 Å². The van der Waals surface area contributed by atoms with Crippen LogP contribution in [0.4, 0.5) is 5.82 Å². The van der Waals surface area contributed by atoms with Crippen LogP contribution < -0.4 is 4.90 Å². The lowest BCUT2D eigenvalue weighted by Crippen LogP contribution is -2.54. The predicted molar refractivity (Wildman–Crippen MR) is 86.0 cm³/mol. The number of ether oxygens (including phenoxy) is 1. The minimum absolute atomic E-state index is 0.108. The molecule has 23 heavy (non-hydrogen) atoms. The highest BCUT2D eigenvalue weighted by Gasteiger charge is 2.43. The zero-order valence-electron chi connectivity index (χ0n) is 13.4. The van der Waals surface area contributed by atoms with Crippen molar-refractivity contribution in [3.05, 3.63) is 18.6 Å². The number of hydrogen-bond donors (Lipinski definition) is 0. The van der Waals surface area contributed by atoms with E-state index in [4.69, 9.17) is 4.74 Å². The Bertz CT molecular complexity index is 547. The van der Waals surface area contributed by atoms with Crippen LogP contribution in [0.3, 0.4) is 0 Å². The summed E-state index contributed by atoms with van der Waals surface area (Å²) in [4.78, 5) is 25.6. The van der Waals surface area contributed by atoms with Crippen molar-refractivity contribution in [2.45, 2.75) is 31.8 Å². The molecule has 6 nitrogen and oxygen atoms in total. The van der Waals surface area contributed by atoms with E-state index in [0.717, 1.165) is 64.3 Å². The fourth-order valence-corrected chi connectivity index (χ4v) is 4.27. The summed E-state index contributed by atoms with van der Waals surface area (Å²) >= 11 is 0. The second kappa shape index (κ2) is 6.43. The van der Waals surface area contributed by atoms with Crippen molar-refractivity contribution in [3.63, 3.8) is 0 Å². The molecule has 124 valence electrons. The van der Waals surface area contributed by atoms with Gasteiger partial charge in [-0.15, -0.1) is 0 Å². The lowest BCUT2D eigenvalue weighted by atomic mass is 9.78. The second-order valence-electron chi connectivity index (χ2n) is 6.80. The van der Waals surface area contributed by atoms with Gasteiger partial charge in [-0.25, -0.2) is 9.97 Å². The van der Waals surface area contributed by atoms with Crippen LogP contribution >= 0.6 is 0 Å². The molecule has 0 radical (unpaired) electrons. The Hall–Kier alpha value is -1.69. The number of rotatable bonds is 2. The highest BCUT2D eigenvalue weighted by atomic mass is 16.5. The lowest BCUT2D eigenvalue weighted by Gasteiger charge is -2.45. The second-order valence-corrected chi connectivity index (χ2v) is 6.80. The smallest absolute Gasteiger partial charge is 0.226 e. The molecule has 0 spiro atoms. The van der Waals surface area contributed by atoms with Crippen LogP contribution in [-0.2, 0) is 9.53 Å². The number of carbonyl (C=O) groups excluding carboxylic acids is 1. The zero-order valence-corrected chi connectivity index (χ0v) is 13.4. The van der Waals surface area contributed by atoms with Gasteiger partial charge >= 0.3 is 0 Å². The lowest BCUT2D eigenvalue weighted by molar-refractivity contribution is -0.146. The van der Waals surface area contributed by atoms with Gasteiger partial charge in [-0.2, -0.15) is 0 Å². The largest absolute Gasteiger partial charge is 0.378 e. The summed E-state index contributed by atoms with van der Waals surface area (Å²) in [6.07, 6.45) is 7.71. The Labute approximate surface area is 136 Å². The Balaban J connectivity index is 1.51. The van der Waals surface area contributed by atoms with Crippen LogP contribution in [0, 0.1) is 11.8 Å². The molecule has 3 aliphatic heterocycles. The van der Waals surface area contributed by atoms with E-state index < -0.39 is 0 Å². The number of nitrogens with zero attached hydrogens (tertiary/aromatic N) is 4. The third-order valence-corrected chi connectivity index (χ3v) is 5.50. The van der Waals surface area contributed by atoms with Gasteiger partial charge in [0.05, 0.1) is 6.10 Å². The van der Waals surface area contributed by atoms with Crippen molar-refractivity contribution in [1.82, 2.24) is 14.9 Å². The molecular weight excluding hydrogens is 292 g/mol. The molecule has 3 atom stereocenters. The van der Waals surface area contributed by atoms with Crippen LogP contribution in [0.2, 0.25) is 0 Å². The predicted octanol–water partition coefficient (Wildman–Crippen LogP) is 1.33. The van der Waals surface area contributed by atoms with E-state index in [1.165, 1.54) is 0 Å². The molecule has 6 heteroatoms. The summed E-state index contributed by atoms with van der Waals surface area (Å²) in [7, 11) is 0. The van der Waals surface area contributed by atoms with E-state index in [1.54, 1.807) is 12.5 Å². The average Bonchev–Trinajstić information content (AvgIpc) is 3.15. The maximum absolute atomic E-state index is 12.9. The molecule has 1 aromatic rings. The van der Waals surface area contributed by atoms with Crippen LogP contribution in [0.5, 0.6) is 0 Å². The summed E-state index contributed by atoms with van der Waals surface area (Å²) in [6, 6.07) is 1.95. The van der Waals surface area contributed by atoms with Crippen molar-refractivity contribution < 1.29 is 9.53 Å². The fourth-order valence-electron chi connectivity index (χ4n) is 4.27. The van der Waals surface area contributed by atoms with E-state index in [1.807, 2.05) is 6.07 Å². The normalized spacial score (nSPS) is 31.0. The van der Waals surface area contributed by atoms with E-state index in [2.05, 4.69) is 19.8 Å². The summed E-state index contributed by atoms with van der Waals surface area (Å²) < 4.78 is 5.98. The highest BCUT2D eigenvalue weighted by molar-refractivity contribution is 5.79. The summed E-state index contributed by atoms with van der Waals surface area (Å²) in [6.45, 7) is 4.38. The number of anilines is 1. The molecule has 0 bridgehead atoms. The first-order valence-corrected chi connectivity index (χ1v) is 8.74. The molecule has 0 N–H and O–H groups in total. The van der Waals surface area contributed by atoms with Gasteiger partial charge in [-0.1, -0.05) is 0 Å². The summed E-state index contributed by atoms with van der Waals surface area (Å²) in [5.41, 5.74) is 0. The van der Waals surface area contributed by atoms with Crippen LogP contribution in [0.25, 0.3) is 0 Å². The van der Waals surface area contributed by atoms with Gasteiger partial charge in [-0.05, 0) is 31.7 Å². The first kappa shape index (κ1) is 14.9. The van der Waals surface area contributed by atoms with Gasteiger partial charge in [0.25, 0.3) is 0 Å². The highest BCUT2D eigenvalue weighted by Crippen LogP contribution is 2.35. The minimum atomic E-state index is 0.108. The van der Waals surface area contributed by atoms with Gasteiger partial charge in [0, 0.05) is 50.8 Å². The number of aromatic nitrogens is 2. The van der Waals surface area contributed by atoms with Crippen molar-refractivity contribution in [3.8, 4) is 0 Å². The molecule has 3 fully saturated rings. The Kier molecular flexibility index (Phi) is 4.16. The van der Waals surface area contributed by atoms with Crippen LogP contribution in [-0.4, -0.2) is 59.7 Å². The van der Waals surface area contributed by atoms with Crippen molar-refractivity contribution in [2.75, 3.05) is 37.7 Å². The number of carbonyl (C=O) groups is 1. The third kappa shape index (κ3) is 2.92. The van der Waals surface area contributed by atoms with Crippen LogP contribution in [0.1, 0.15) is 25.7 Å². The van der Waals surface area contributed by atoms with Gasteiger partial charge in [0.1, 0.15) is 12.1 Å². The topological polar surface area (TPSA) is 58.6 Å². The van der Waals surface area contributed by atoms with E-state index in [-0.39, 0.29) is 17.9 Å². The SMILES string of the molecule is O=C([C@H]1CCO[C@H]2CCN(c3ccncn3)C[C@@H]21)N1CCCC1. The molecule has 4 heterocycles. The van der Waals surface area contributed by atoms with Crippen molar-refractivity contribution in [1.29, 1.82) is 0 Å². The van der Waals surface area contributed by atoms with Gasteiger partial charge < -0.3 is 14.5 Å². The molecule has 3 saturated heterocycles. The molecule has 4 rings (SSSR count). The zero-order chi connectivity index (χ0) is 15.6. The van der Waals surface area contributed by atoms with Gasteiger partial charge in [0.2, 0.25) is 5.91 Å². The number of likely N-dealkylation sites (tertiary alicyclic amines) is 1. The fraction of sp³-hybridized carbons (Fsp3) is 0.706. The average molecular weight is 316 g/mol. The molecule has 0 aromatic carbocycles. The molecular formula is C17H24N4O2. The maximum atomic E-state index is 12.9. The van der Waals surface area contributed by atoms with Gasteiger partial charge in [-0.3, -0.25) is 4.79 Å². The van der Waals surface area contributed by atoms with Crippen molar-refractivity contribution in [2.24, 2.45) is 11.8 Å². The molecule has 3 aliphatic rings. The number of fused-ring (bicyclic) bond motifs is 1. The third-order valence-electron chi connectivity index (χ3n) is 5.50. The quantitative estimate of drug-likeness (QED) is 0.824. The first-order valence-electron chi connectivity index (χ1n) is 8.74. The van der Waals surface area contributed by atoms with E-state index >= 15 is 0 Å². The molecule has 1 aromatic heterocycles. The first-order chi connectivity index (χ1) is 11.3. The summed E-state index contributed by atoms with van der Waals surface area (Å²) in [5, 5.41) is 0. The molecule has 0 unspecified atom stereocenters. The molecule has 1 amide bonds. The number of piperidine rings is 1. The Morgan fingerprint density at radius 1 is 1.22 bits per heavy atom. The molecule has 0 aliphatic carbocycles. The van der Waals surface area contributed by atoms with Crippen molar-refractivity contribution >= 4 is 11.7 Å². The van der Waals surface area contributed by atoms with E-state index in [0.29, 0.717) is 5.91 Å². The van der Waals surface area contributed by atoms with Crippen LogP contribution in [0.15, 0.2) is 18.6 Å². The standard InChI is InChI=1S/C17H24N4O2/c22-17(20-7-1-2-8-20)13-5-10-23-15-4-9-21(11-14(13)15)16-3-6-18-12-19-16/h3,6,12-15H,1-2,4-5,7-11H2/t13-,14+,15-/m0/s1. The summed E-state index contributed by atoms with van der Waals surface area (Å²) in [5.74, 6) is 1.69. The maximum Gasteiger partial charge on any atom is 0.226 e. The molecule has 0 saturated carbocycles. The number of amides is 1. The minimum Gasteiger partial charge on any atom is -0.378 e. The van der Waals surface area contributed by atoms with E-state index in [9.17, 15) is 4.79 Å². The monoisotopic (exact) mass is 316 g/mol. The Morgan fingerprint density at radius 2 is 2.09 bits per heavy atom. The number of hydrogen-bond acceptors (Lipinski definition) is 5. The Morgan fingerprint density at radius 3 is 2.87 bits per heavy atom.